The van der Waals surface area contributed by atoms with E-state index in [-0.39, 0.29) is 0 Å². The molecule has 0 aliphatic carbocycles. The van der Waals surface area contributed by atoms with Gasteiger partial charge >= 0.3 is 0 Å². The first-order valence-corrected chi connectivity index (χ1v) is 6.69. The molecular formula is C15H24NO2. The number of hydrogen-bond acceptors (Lipinski definition) is 3. The molecular weight excluding hydrogens is 226 g/mol. The van der Waals surface area contributed by atoms with Gasteiger partial charge in [0.25, 0.3) is 0 Å². The Bertz CT molecular complexity index is 290. The normalized spacial score (nSPS) is 12.3. The molecule has 2 N–H and O–H groups in total. The van der Waals surface area contributed by atoms with Crippen molar-refractivity contribution in [3.8, 4) is 5.75 Å². The highest BCUT2D eigenvalue weighted by Gasteiger charge is 2.04. The summed E-state index contributed by atoms with van der Waals surface area (Å²) in [5, 5.41) is 12.9. The lowest BCUT2D eigenvalue weighted by Gasteiger charge is -2.13. The molecule has 1 atom stereocenters. The van der Waals surface area contributed by atoms with Crippen molar-refractivity contribution >= 4 is 0 Å². The standard InChI is InChI=1S/C15H24NO2/c1-2-3-4-8-11-16-12-14(17)13-18-15-9-6-5-7-10-15/h5-7,9-10,14,16-17H,1-4,8,11-13H2. The minimum Gasteiger partial charge on any atom is -0.491 e. The highest BCUT2D eigenvalue weighted by atomic mass is 16.5. The Hall–Kier alpha value is -1.06. The van der Waals surface area contributed by atoms with E-state index in [1.54, 1.807) is 0 Å². The summed E-state index contributed by atoms with van der Waals surface area (Å²) in [5.74, 6) is 0.798. The summed E-state index contributed by atoms with van der Waals surface area (Å²) in [6.45, 7) is 5.66. The van der Waals surface area contributed by atoms with Gasteiger partial charge < -0.3 is 15.2 Å². The molecule has 0 bridgehead atoms. The number of unbranched alkanes of at least 4 members (excludes halogenated alkanes) is 3. The zero-order chi connectivity index (χ0) is 13.1. The Labute approximate surface area is 110 Å². The number of para-hydroxylation sites is 1. The van der Waals surface area contributed by atoms with Crippen LogP contribution in [0.5, 0.6) is 5.75 Å². The van der Waals surface area contributed by atoms with Gasteiger partial charge in [-0.1, -0.05) is 44.4 Å². The molecule has 0 aliphatic rings. The van der Waals surface area contributed by atoms with Crippen LogP contribution < -0.4 is 10.1 Å². The number of nitrogens with one attached hydrogen (secondary N) is 1. The molecule has 0 saturated carbocycles. The van der Waals surface area contributed by atoms with E-state index in [9.17, 15) is 5.11 Å². The van der Waals surface area contributed by atoms with E-state index in [4.69, 9.17) is 4.74 Å². The van der Waals surface area contributed by atoms with E-state index < -0.39 is 6.10 Å². The second-order valence-electron chi connectivity index (χ2n) is 4.40. The molecule has 0 spiro atoms. The number of aliphatic hydroxyl groups excluding tert-OH is 1. The number of aliphatic hydroxyl groups is 1. The van der Waals surface area contributed by atoms with Crippen molar-refractivity contribution < 1.29 is 9.84 Å². The Balaban J connectivity index is 1.99. The van der Waals surface area contributed by atoms with Gasteiger partial charge in [0.15, 0.2) is 0 Å². The summed E-state index contributed by atoms with van der Waals surface area (Å²) in [4.78, 5) is 0. The zero-order valence-electron chi connectivity index (χ0n) is 11.0. The monoisotopic (exact) mass is 250 g/mol. The molecule has 101 valence electrons. The van der Waals surface area contributed by atoms with Crippen molar-refractivity contribution in [3.05, 3.63) is 37.3 Å². The van der Waals surface area contributed by atoms with Crippen LogP contribution in [-0.4, -0.2) is 30.9 Å². The lowest BCUT2D eigenvalue weighted by atomic mass is 10.2. The van der Waals surface area contributed by atoms with E-state index in [1.807, 2.05) is 30.3 Å². The van der Waals surface area contributed by atoms with E-state index in [1.165, 1.54) is 12.8 Å². The Morgan fingerprint density at radius 3 is 2.67 bits per heavy atom. The van der Waals surface area contributed by atoms with Crippen molar-refractivity contribution in [2.75, 3.05) is 19.7 Å². The van der Waals surface area contributed by atoms with Gasteiger partial charge in [0.2, 0.25) is 0 Å². The van der Waals surface area contributed by atoms with Crippen LogP contribution in [-0.2, 0) is 0 Å². The fourth-order valence-corrected chi connectivity index (χ4v) is 1.64. The fourth-order valence-electron chi connectivity index (χ4n) is 1.64. The van der Waals surface area contributed by atoms with Gasteiger partial charge in [0.1, 0.15) is 18.5 Å². The number of rotatable bonds is 10. The first kappa shape index (κ1) is 15.0. The highest BCUT2D eigenvalue weighted by Crippen LogP contribution is 2.08. The smallest absolute Gasteiger partial charge is 0.119 e. The number of benzene rings is 1. The van der Waals surface area contributed by atoms with Crippen LogP contribution in [0.2, 0.25) is 0 Å². The van der Waals surface area contributed by atoms with Crippen molar-refractivity contribution in [2.45, 2.75) is 31.8 Å². The van der Waals surface area contributed by atoms with Crippen LogP contribution in [0.4, 0.5) is 0 Å². The molecule has 0 saturated heterocycles. The highest BCUT2D eigenvalue weighted by molar-refractivity contribution is 5.20. The largest absolute Gasteiger partial charge is 0.491 e. The van der Waals surface area contributed by atoms with Gasteiger partial charge in [-0.15, -0.1) is 0 Å². The molecule has 0 amide bonds. The van der Waals surface area contributed by atoms with Crippen LogP contribution in [0.25, 0.3) is 0 Å². The topological polar surface area (TPSA) is 41.5 Å². The molecule has 1 aromatic carbocycles. The van der Waals surface area contributed by atoms with Gasteiger partial charge in [-0.05, 0) is 25.1 Å². The third-order valence-corrected chi connectivity index (χ3v) is 2.67. The quantitative estimate of drug-likeness (QED) is 0.627. The molecule has 0 aromatic heterocycles. The van der Waals surface area contributed by atoms with Crippen LogP contribution in [0.15, 0.2) is 30.3 Å². The van der Waals surface area contributed by atoms with E-state index in [0.717, 1.165) is 25.1 Å². The molecule has 0 aliphatic heterocycles. The SMILES string of the molecule is [CH2]CCCCCNCC(O)COc1ccccc1. The summed E-state index contributed by atoms with van der Waals surface area (Å²) < 4.78 is 5.47. The first-order chi connectivity index (χ1) is 8.83. The molecule has 1 rings (SSSR count). The van der Waals surface area contributed by atoms with Gasteiger partial charge in [-0.2, -0.15) is 0 Å². The maximum atomic E-state index is 9.72. The lowest BCUT2D eigenvalue weighted by molar-refractivity contribution is 0.106. The van der Waals surface area contributed by atoms with Crippen molar-refractivity contribution in [1.82, 2.24) is 5.32 Å². The van der Waals surface area contributed by atoms with Crippen molar-refractivity contribution in [2.24, 2.45) is 0 Å². The van der Waals surface area contributed by atoms with Crippen molar-refractivity contribution in [1.29, 1.82) is 0 Å². The predicted molar refractivity (Wildman–Crippen MR) is 74.6 cm³/mol. The average Bonchev–Trinajstić information content (AvgIpc) is 2.41. The summed E-state index contributed by atoms with van der Waals surface area (Å²) in [6, 6.07) is 9.56. The summed E-state index contributed by atoms with van der Waals surface area (Å²) in [7, 11) is 0. The third-order valence-electron chi connectivity index (χ3n) is 2.67. The average molecular weight is 250 g/mol. The van der Waals surface area contributed by atoms with Crippen LogP contribution in [0, 0.1) is 6.92 Å². The maximum Gasteiger partial charge on any atom is 0.119 e. The summed E-state index contributed by atoms with van der Waals surface area (Å²) in [6.07, 6.45) is 4.07. The predicted octanol–water partition coefficient (Wildman–Crippen LogP) is 2.41. The Morgan fingerprint density at radius 2 is 1.94 bits per heavy atom. The molecule has 1 unspecified atom stereocenters. The van der Waals surface area contributed by atoms with Crippen molar-refractivity contribution in [3.63, 3.8) is 0 Å². The van der Waals surface area contributed by atoms with E-state index >= 15 is 0 Å². The van der Waals surface area contributed by atoms with Crippen LogP contribution in [0.3, 0.4) is 0 Å². The zero-order valence-corrected chi connectivity index (χ0v) is 11.0. The first-order valence-electron chi connectivity index (χ1n) is 6.69. The molecule has 0 heterocycles. The van der Waals surface area contributed by atoms with Gasteiger partial charge in [0.05, 0.1) is 0 Å². The molecule has 1 radical (unpaired) electrons. The van der Waals surface area contributed by atoms with E-state index in [0.29, 0.717) is 13.2 Å². The number of ether oxygens (including phenoxy) is 1. The van der Waals surface area contributed by atoms with Crippen LogP contribution in [0.1, 0.15) is 25.7 Å². The summed E-state index contributed by atoms with van der Waals surface area (Å²) in [5.41, 5.74) is 0. The minimum absolute atomic E-state index is 0.329. The summed E-state index contributed by atoms with van der Waals surface area (Å²) >= 11 is 0. The van der Waals surface area contributed by atoms with Gasteiger partial charge in [0, 0.05) is 6.54 Å². The Morgan fingerprint density at radius 1 is 1.17 bits per heavy atom. The molecule has 3 heteroatoms. The molecule has 18 heavy (non-hydrogen) atoms. The van der Waals surface area contributed by atoms with Gasteiger partial charge in [-0.25, -0.2) is 0 Å². The van der Waals surface area contributed by atoms with Gasteiger partial charge in [-0.3, -0.25) is 0 Å². The lowest BCUT2D eigenvalue weighted by Crippen LogP contribution is -2.32. The molecule has 1 aromatic rings. The minimum atomic E-state index is -0.460. The third kappa shape index (κ3) is 7.30. The number of hydrogen-bond donors (Lipinski definition) is 2. The van der Waals surface area contributed by atoms with E-state index in [2.05, 4.69) is 12.2 Å². The Kier molecular flexibility index (Phi) is 8.26. The maximum absolute atomic E-state index is 9.72. The molecule has 0 fully saturated rings. The molecule has 3 nitrogen and oxygen atoms in total. The fraction of sp³-hybridized carbons (Fsp3) is 0.533. The van der Waals surface area contributed by atoms with Crippen LogP contribution >= 0.6 is 0 Å². The second kappa shape index (κ2) is 9.92. The second-order valence-corrected chi connectivity index (χ2v) is 4.40.